The Kier molecular flexibility index (Phi) is 5.35. The van der Waals surface area contributed by atoms with Gasteiger partial charge >= 0.3 is 10.0 Å². The van der Waals surface area contributed by atoms with Gasteiger partial charge in [0.15, 0.2) is 0 Å². The second kappa shape index (κ2) is 6.58. The lowest BCUT2D eigenvalue weighted by Gasteiger charge is -2.05. The van der Waals surface area contributed by atoms with Crippen molar-refractivity contribution >= 4 is 15.7 Å². The van der Waals surface area contributed by atoms with Gasteiger partial charge < -0.3 is 18.1 Å². The Labute approximate surface area is 124 Å². The first-order chi connectivity index (χ1) is 9.03. The highest BCUT2D eigenvalue weighted by Gasteiger charge is 2.20. The van der Waals surface area contributed by atoms with E-state index in [1.807, 2.05) is 19.1 Å². The van der Waals surface area contributed by atoms with Crippen LogP contribution in [0.1, 0.15) is 12.6 Å². The van der Waals surface area contributed by atoms with Crippen molar-refractivity contribution < 1.29 is 25.5 Å². The monoisotopic (exact) mass is 313 g/mol. The van der Waals surface area contributed by atoms with Crippen LogP contribution in [-0.4, -0.2) is 8.42 Å². The standard InChI is InChI=1S/C13H16N3O2S.ClH/c1-2-12-7-3-4-9-16(12)15-19(17,18)13-8-5-6-11(14)10-13;/h3-10,15H,2,14H2,1H3;1H/q+1;/p-1. The average molecular weight is 314 g/mol. The summed E-state index contributed by atoms with van der Waals surface area (Å²) in [5, 5.41) is 0. The van der Waals surface area contributed by atoms with Gasteiger partial charge in [-0.15, -0.1) is 0 Å². The largest absolute Gasteiger partial charge is 1.00 e. The molecule has 0 saturated carbocycles. The smallest absolute Gasteiger partial charge is 0.306 e. The molecule has 0 aliphatic rings. The lowest BCUT2D eigenvalue weighted by Crippen LogP contribution is -3.00. The normalized spacial score (nSPS) is 10.7. The number of nitrogen functional groups attached to an aromatic ring is 1. The first kappa shape index (κ1) is 16.3. The van der Waals surface area contributed by atoms with Crippen LogP contribution in [0.15, 0.2) is 53.6 Å². The van der Waals surface area contributed by atoms with Crippen LogP contribution in [0.3, 0.4) is 0 Å². The second-order valence-corrected chi connectivity index (χ2v) is 5.74. The zero-order chi connectivity index (χ0) is 13.9. The van der Waals surface area contributed by atoms with Gasteiger partial charge in [-0.1, -0.05) is 22.5 Å². The van der Waals surface area contributed by atoms with Crippen LogP contribution in [0.2, 0.25) is 0 Å². The third-order valence-electron chi connectivity index (χ3n) is 2.69. The molecule has 0 atom stereocenters. The molecule has 0 unspecified atom stereocenters. The fraction of sp³-hybridized carbons (Fsp3) is 0.154. The minimum atomic E-state index is -3.64. The van der Waals surface area contributed by atoms with E-state index in [0.29, 0.717) is 5.69 Å². The zero-order valence-electron chi connectivity index (χ0n) is 11.0. The van der Waals surface area contributed by atoms with Crippen LogP contribution in [0, 0.1) is 0 Å². The lowest BCUT2D eigenvalue weighted by molar-refractivity contribution is -0.644. The van der Waals surface area contributed by atoms with Gasteiger partial charge in [0.2, 0.25) is 11.9 Å². The summed E-state index contributed by atoms with van der Waals surface area (Å²) in [5.74, 6) is 0. The number of nitrogens with zero attached hydrogens (tertiary/aromatic N) is 1. The fourth-order valence-corrected chi connectivity index (χ4v) is 2.81. The Bertz CT molecular complexity index is 690. The third kappa shape index (κ3) is 3.61. The Balaban J connectivity index is 0.00000200. The van der Waals surface area contributed by atoms with Gasteiger partial charge in [0.25, 0.3) is 0 Å². The summed E-state index contributed by atoms with van der Waals surface area (Å²) in [6.45, 7) is 1.96. The lowest BCUT2D eigenvalue weighted by atomic mass is 10.3. The van der Waals surface area contributed by atoms with Crippen molar-refractivity contribution in [3.8, 4) is 0 Å². The topological polar surface area (TPSA) is 76.1 Å². The molecule has 5 nitrogen and oxygen atoms in total. The SMILES string of the molecule is CCc1cccc[n+]1NS(=O)(=O)c1cccc(N)c1.[Cl-]. The van der Waals surface area contributed by atoms with Crippen LogP contribution in [0.5, 0.6) is 0 Å². The highest BCUT2D eigenvalue weighted by Crippen LogP contribution is 2.12. The summed E-state index contributed by atoms with van der Waals surface area (Å²) in [6.07, 6.45) is 2.39. The Hall–Kier alpha value is -1.79. The minimum Gasteiger partial charge on any atom is -1.00 e. The Morgan fingerprint density at radius 3 is 2.60 bits per heavy atom. The number of nitrogens with two attached hydrogens (primary N) is 1. The molecule has 0 amide bonds. The van der Waals surface area contributed by atoms with E-state index in [-0.39, 0.29) is 17.3 Å². The van der Waals surface area contributed by atoms with Gasteiger partial charge in [0, 0.05) is 24.2 Å². The van der Waals surface area contributed by atoms with Gasteiger partial charge in [0.05, 0.1) is 4.90 Å². The molecule has 7 heteroatoms. The van der Waals surface area contributed by atoms with Gasteiger partial charge in [0.1, 0.15) is 0 Å². The quantitative estimate of drug-likeness (QED) is 0.509. The van der Waals surface area contributed by atoms with Gasteiger partial charge in [-0.3, -0.25) is 0 Å². The fourth-order valence-electron chi connectivity index (χ4n) is 1.72. The average Bonchev–Trinajstić information content (AvgIpc) is 2.39. The molecule has 0 spiro atoms. The highest BCUT2D eigenvalue weighted by molar-refractivity contribution is 7.92. The van der Waals surface area contributed by atoms with Crippen molar-refractivity contribution in [1.82, 2.24) is 0 Å². The number of hydrogen-bond donors (Lipinski definition) is 2. The van der Waals surface area contributed by atoms with Crippen molar-refractivity contribution in [1.29, 1.82) is 0 Å². The number of aromatic nitrogens is 1. The maximum Gasteiger partial charge on any atom is 0.306 e. The first-order valence-electron chi connectivity index (χ1n) is 5.91. The molecule has 0 bridgehead atoms. The summed E-state index contributed by atoms with van der Waals surface area (Å²) in [5.41, 5.74) is 6.89. The molecule has 3 N–H and O–H groups in total. The number of halogens is 1. The Morgan fingerprint density at radius 2 is 1.95 bits per heavy atom. The van der Waals surface area contributed by atoms with Crippen molar-refractivity contribution in [2.24, 2.45) is 0 Å². The number of benzene rings is 1. The third-order valence-corrected chi connectivity index (χ3v) is 4.01. The van der Waals surface area contributed by atoms with Crippen molar-refractivity contribution in [2.75, 3.05) is 10.6 Å². The molecule has 1 aromatic carbocycles. The summed E-state index contributed by atoms with van der Waals surface area (Å²) in [7, 11) is -3.64. The zero-order valence-corrected chi connectivity index (χ0v) is 12.5. The number of anilines is 1. The molecule has 0 saturated heterocycles. The van der Waals surface area contributed by atoms with Gasteiger partial charge in [-0.25, -0.2) is 0 Å². The molecule has 0 radical (unpaired) electrons. The molecule has 2 aromatic rings. The van der Waals surface area contributed by atoms with Crippen LogP contribution < -0.4 is 27.6 Å². The summed E-state index contributed by atoms with van der Waals surface area (Å²) >= 11 is 0. The van der Waals surface area contributed by atoms with Crippen molar-refractivity contribution in [3.05, 3.63) is 54.4 Å². The molecule has 0 fully saturated rings. The molecule has 0 aliphatic heterocycles. The van der Waals surface area contributed by atoms with E-state index in [9.17, 15) is 8.42 Å². The predicted octanol–water partition coefficient (Wildman–Crippen LogP) is -1.94. The van der Waals surface area contributed by atoms with E-state index in [1.165, 1.54) is 16.8 Å². The van der Waals surface area contributed by atoms with Crippen LogP contribution in [-0.2, 0) is 16.4 Å². The molecule has 2 rings (SSSR count). The predicted molar refractivity (Wildman–Crippen MR) is 73.4 cm³/mol. The maximum atomic E-state index is 12.2. The van der Waals surface area contributed by atoms with Gasteiger partial charge in [-0.2, -0.15) is 8.42 Å². The maximum absolute atomic E-state index is 12.2. The van der Waals surface area contributed by atoms with E-state index < -0.39 is 10.0 Å². The van der Waals surface area contributed by atoms with Crippen molar-refractivity contribution in [2.45, 2.75) is 18.2 Å². The van der Waals surface area contributed by atoms with Crippen molar-refractivity contribution in [3.63, 3.8) is 0 Å². The molecular weight excluding hydrogens is 298 g/mol. The number of nitrogens with one attached hydrogen (secondary N) is 1. The van der Waals surface area contributed by atoms with E-state index in [4.69, 9.17) is 5.73 Å². The van der Waals surface area contributed by atoms with Crippen LogP contribution in [0.4, 0.5) is 5.69 Å². The minimum absolute atomic E-state index is 0. The van der Waals surface area contributed by atoms with Crippen LogP contribution >= 0.6 is 0 Å². The second-order valence-electron chi connectivity index (χ2n) is 4.08. The molecular formula is C13H16ClN3O2S. The Morgan fingerprint density at radius 1 is 1.20 bits per heavy atom. The summed E-state index contributed by atoms with van der Waals surface area (Å²) in [6, 6.07) is 11.7. The number of rotatable bonds is 4. The molecule has 1 aromatic heterocycles. The number of aryl methyl sites for hydroxylation is 1. The molecule has 108 valence electrons. The van der Waals surface area contributed by atoms with E-state index in [2.05, 4.69) is 4.83 Å². The molecule has 0 aliphatic carbocycles. The number of sulfonamides is 1. The molecule has 20 heavy (non-hydrogen) atoms. The first-order valence-corrected chi connectivity index (χ1v) is 7.39. The van der Waals surface area contributed by atoms with E-state index in [0.717, 1.165) is 12.1 Å². The number of pyridine rings is 1. The van der Waals surface area contributed by atoms with Crippen LogP contribution in [0.25, 0.3) is 0 Å². The van der Waals surface area contributed by atoms with E-state index >= 15 is 0 Å². The highest BCUT2D eigenvalue weighted by atomic mass is 35.5. The van der Waals surface area contributed by atoms with Gasteiger partial charge in [-0.05, 0) is 24.3 Å². The summed E-state index contributed by atoms with van der Waals surface area (Å²) < 4.78 is 26.0. The number of hydrogen-bond acceptors (Lipinski definition) is 3. The summed E-state index contributed by atoms with van der Waals surface area (Å²) in [4.78, 5) is 2.66. The van der Waals surface area contributed by atoms with E-state index in [1.54, 1.807) is 24.4 Å². The molecule has 1 heterocycles.